The number of ether oxygens (including phenoxy) is 1. The standard InChI is InChI=1S/C20H23BrN2O2/c1-25-19-8-7-15(13-18(19)21)14-23-11-9-16(10-12-23)20(24)22-17-5-3-2-4-6-17/h2-8,13,16H,9-12,14H2,1H3,(H,22,24). The molecule has 4 nitrogen and oxygen atoms in total. The highest BCUT2D eigenvalue weighted by Gasteiger charge is 2.25. The largest absolute Gasteiger partial charge is 0.496 e. The number of amides is 1. The van der Waals surface area contributed by atoms with Gasteiger partial charge >= 0.3 is 0 Å². The highest BCUT2D eigenvalue weighted by molar-refractivity contribution is 9.10. The van der Waals surface area contributed by atoms with E-state index in [1.807, 2.05) is 36.4 Å². The van der Waals surface area contributed by atoms with Crippen molar-refractivity contribution in [2.24, 2.45) is 5.92 Å². The lowest BCUT2D eigenvalue weighted by molar-refractivity contribution is -0.121. The molecule has 3 rings (SSSR count). The van der Waals surface area contributed by atoms with Gasteiger partial charge in [0.05, 0.1) is 11.6 Å². The monoisotopic (exact) mass is 402 g/mol. The van der Waals surface area contributed by atoms with E-state index in [-0.39, 0.29) is 11.8 Å². The number of hydrogen-bond acceptors (Lipinski definition) is 3. The van der Waals surface area contributed by atoms with Crippen molar-refractivity contribution >= 4 is 27.5 Å². The topological polar surface area (TPSA) is 41.6 Å². The zero-order valence-electron chi connectivity index (χ0n) is 14.4. The van der Waals surface area contributed by atoms with Crippen LogP contribution in [0.1, 0.15) is 18.4 Å². The summed E-state index contributed by atoms with van der Waals surface area (Å²) >= 11 is 3.54. The Morgan fingerprint density at radius 1 is 1.20 bits per heavy atom. The van der Waals surface area contributed by atoms with Gasteiger partial charge in [0.2, 0.25) is 5.91 Å². The summed E-state index contributed by atoms with van der Waals surface area (Å²) < 4.78 is 6.25. The molecular formula is C20H23BrN2O2. The van der Waals surface area contributed by atoms with Crippen LogP contribution in [0.5, 0.6) is 5.75 Å². The Balaban J connectivity index is 1.50. The number of carbonyl (C=O) groups excluding carboxylic acids is 1. The average Bonchev–Trinajstić information content (AvgIpc) is 2.63. The number of para-hydroxylation sites is 1. The van der Waals surface area contributed by atoms with Gasteiger partial charge in [-0.1, -0.05) is 24.3 Å². The van der Waals surface area contributed by atoms with E-state index >= 15 is 0 Å². The van der Waals surface area contributed by atoms with Crippen LogP contribution in [0, 0.1) is 5.92 Å². The number of anilines is 1. The van der Waals surface area contributed by atoms with Crippen LogP contribution in [0.3, 0.4) is 0 Å². The van der Waals surface area contributed by atoms with Crippen LogP contribution in [0.15, 0.2) is 53.0 Å². The minimum Gasteiger partial charge on any atom is -0.496 e. The summed E-state index contributed by atoms with van der Waals surface area (Å²) in [5, 5.41) is 3.02. The van der Waals surface area contributed by atoms with Crippen LogP contribution in [0.25, 0.3) is 0 Å². The molecule has 0 spiro atoms. The van der Waals surface area contributed by atoms with Crippen molar-refractivity contribution in [3.63, 3.8) is 0 Å². The number of nitrogens with one attached hydrogen (secondary N) is 1. The van der Waals surface area contributed by atoms with Gasteiger partial charge in [0.1, 0.15) is 5.75 Å². The SMILES string of the molecule is COc1ccc(CN2CCC(C(=O)Nc3ccccc3)CC2)cc1Br. The fraction of sp³-hybridized carbons (Fsp3) is 0.350. The van der Waals surface area contributed by atoms with Crippen molar-refractivity contribution < 1.29 is 9.53 Å². The molecule has 2 aromatic carbocycles. The fourth-order valence-corrected chi connectivity index (χ4v) is 3.77. The van der Waals surface area contributed by atoms with Crippen LogP contribution in [0.4, 0.5) is 5.69 Å². The van der Waals surface area contributed by atoms with Gasteiger partial charge in [-0.05, 0) is 71.7 Å². The molecule has 0 aromatic heterocycles. The molecule has 0 bridgehead atoms. The van der Waals surface area contributed by atoms with Gasteiger partial charge in [-0.3, -0.25) is 9.69 Å². The number of piperidine rings is 1. The third-order valence-corrected chi connectivity index (χ3v) is 5.24. The molecule has 1 fully saturated rings. The van der Waals surface area contributed by atoms with E-state index in [9.17, 15) is 4.79 Å². The van der Waals surface area contributed by atoms with Crippen molar-refractivity contribution in [1.29, 1.82) is 0 Å². The highest BCUT2D eigenvalue weighted by Crippen LogP contribution is 2.27. The summed E-state index contributed by atoms with van der Waals surface area (Å²) in [4.78, 5) is 14.8. The molecule has 0 aliphatic carbocycles. The van der Waals surface area contributed by atoms with Gasteiger partial charge in [0.25, 0.3) is 0 Å². The van der Waals surface area contributed by atoms with E-state index in [1.54, 1.807) is 7.11 Å². The average molecular weight is 403 g/mol. The second-order valence-electron chi connectivity index (χ2n) is 6.37. The van der Waals surface area contributed by atoms with Crippen LogP contribution < -0.4 is 10.1 Å². The maximum atomic E-state index is 12.4. The first-order valence-corrected chi connectivity index (χ1v) is 9.35. The molecule has 1 N–H and O–H groups in total. The van der Waals surface area contributed by atoms with Gasteiger partial charge in [0.15, 0.2) is 0 Å². The zero-order valence-corrected chi connectivity index (χ0v) is 16.0. The van der Waals surface area contributed by atoms with Crippen LogP contribution in [-0.2, 0) is 11.3 Å². The minimum atomic E-state index is 0.0964. The Kier molecular flexibility index (Phi) is 6.10. The van der Waals surface area contributed by atoms with E-state index in [0.717, 1.165) is 48.4 Å². The molecule has 5 heteroatoms. The van der Waals surface area contributed by atoms with E-state index in [0.29, 0.717) is 0 Å². The number of rotatable bonds is 5. The number of halogens is 1. The lowest BCUT2D eigenvalue weighted by Crippen LogP contribution is -2.37. The molecule has 0 atom stereocenters. The molecule has 1 aliphatic rings. The van der Waals surface area contributed by atoms with Gasteiger partial charge < -0.3 is 10.1 Å². The van der Waals surface area contributed by atoms with E-state index in [2.05, 4.69) is 38.3 Å². The molecule has 2 aromatic rings. The number of benzene rings is 2. The number of hydrogen-bond donors (Lipinski definition) is 1. The fourth-order valence-electron chi connectivity index (χ4n) is 3.19. The van der Waals surface area contributed by atoms with Gasteiger partial charge in [-0.25, -0.2) is 0 Å². The summed E-state index contributed by atoms with van der Waals surface area (Å²) in [5.74, 6) is 1.08. The third-order valence-electron chi connectivity index (χ3n) is 4.62. The lowest BCUT2D eigenvalue weighted by Gasteiger charge is -2.31. The predicted molar refractivity (Wildman–Crippen MR) is 104 cm³/mol. The summed E-state index contributed by atoms with van der Waals surface area (Å²) in [6, 6.07) is 15.9. The Hall–Kier alpha value is -1.85. The second-order valence-corrected chi connectivity index (χ2v) is 7.23. The molecule has 25 heavy (non-hydrogen) atoms. The van der Waals surface area contributed by atoms with Crippen molar-refractivity contribution in [1.82, 2.24) is 4.90 Å². The van der Waals surface area contributed by atoms with Gasteiger partial charge in [0, 0.05) is 18.2 Å². The summed E-state index contributed by atoms with van der Waals surface area (Å²) in [5.41, 5.74) is 2.12. The van der Waals surface area contributed by atoms with Crippen molar-refractivity contribution in [2.45, 2.75) is 19.4 Å². The predicted octanol–water partition coefficient (Wildman–Crippen LogP) is 4.31. The van der Waals surface area contributed by atoms with Crippen molar-refractivity contribution in [2.75, 3.05) is 25.5 Å². The Labute approximate surface area is 157 Å². The van der Waals surface area contributed by atoms with E-state index in [1.165, 1.54) is 5.56 Å². The van der Waals surface area contributed by atoms with Gasteiger partial charge in [-0.15, -0.1) is 0 Å². The molecule has 0 saturated carbocycles. The first-order chi connectivity index (χ1) is 12.2. The molecule has 1 heterocycles. The summed E-state index contributed by atoms with van der Waals surface area (Å²) in [6.07, 6.45) is 1.80. The Morgan fingerprint density at radius 3 is 2.56 bits per heavy atom. The van der Waals surface area contributed by atoms with Crippen molar-refractivity contribution in [3.05, 3.63) is 58.6 Å². The van der Waals surface area contributed by atoms with Gasteiger partial charge in [-0.2, -0.15) is 0 Å². The Bertz CT molecular complexity index is 713. The maximum absolute atomic E-state index is 12.4. The van der Waals surface area contributed by atoms with Crippen LogP contribution >= 0.6 is 15.9 Å². The summed E-state index contributed by atoms with van der Waals surface area (Å²) in [7, 11) is 1.67. The van der Waals surface area contributed by atoms with Crippen LogP contribution in [-0.4, -0.2) is 31.0 Å². The van der Waals surface area contributed by atoms with E-state index < -0.39 is 0 Å². The second kappa shape index (κ2) is 8.50. The highest BCUT2D eigenvalue weighted by atomic mass is 79.9. The zero-order chi connectivity index (χ0) is 17.6. The molecule has 132 valence electrons. The molecular weight excluding hydrogens is 380 g/mol. The van der Waals surface area contributed by atoms with E-state index in [4.69, 9.17) is 4.74 Å². The lowest BCUT2D eigenvalue weighted by atomic mass is 9.95. The quantitative estimate of drug-likeness (QED) is 0.809. The molecule has 0 radical (unpaired) electrons. The first-order valence-electron chi connectivity index (χ1n) is 8.56. The van der Waals surface area contributed by atoms with Crippen LogP contribution in [0.2, 0.25) is 0 Å². The normalized spacial score (nSPS) is 15.8. The Morgan fingerprint density at radius 2 is 1.92 bits per heavy atom. The molecule has 0 unspecified atom stereocenters. The number of carbonyl (C=O) groups is 1. The molecule has 1 aliphatic heterocycles. The number of likely N-dealkylation sites (tertiary alicyclic amines) is 1. The minimum absolute atomic E-state index is 0.0964. The maximum Gasteiger partial charge on any atom is 0.227 e. The number of nitrogens with zero attached hydrogens (tertiary/aromatic N) is 1. The smallest absolute Gasteiger partial charge is 0.227 e. The summed E-state index contributed by atoms with van der Waals surface area (Å²) in [6.45, 7) is 2.78. The number of methoxy groups -OCH3 is 1. The first kappa shape index (κ1) is 18.0. The molecule has 1 saturated heterocycles. The molecule has 1 amide bonds. The van der Waals surface area contributed by atoms with Crippen molar-refractivity contribution in [3.8, 4) is 5.75 Å². The third kappa shape index (κ3) is 4.83.